The molecule has 1 aliphatic carbocycles. The zero-order chi connectivity index (χ0) is 27.1. The molecule has 0 aromatic heterocycles. The maximum absolute atomic E-state index is 13.6. The van der Waals surface area contributed by atoms with Crippen LogP contribution in [0.5, 0.6) is 0 Å². The fourth-order valence-electron chi connectivity index (χ4n) is 5.40. The Morgan fingerprint density at radius 3 is 2.24 bits per heavy atom. The summed E-state index contributed by atoms with van der Waals surface area (Å²) in [4.78, 5) is 29.5. The van der Waals surface area contributed by atoms with Gasteiger partial charge in [-0.05, 0) is 61.7 Å². The van der Waals surface area contributed by atoms with E-state index in [4.69, 9.17) is 23.2 Å². The summed E-state index contributed by atoms with van der Waals surface area (Å²) in [7, 11) is 0. The summed E-state index contributed by atoms with van der Waals surface area (Å²) in [5, 5.41) is 21.1. The highest BCUT2D eigenvalue weighted by Crippen LogP contribution is 2.51. The first-order valence-electron chi connectivity index (χ1n) is 12.0. The zero-order valence-electron chi connectivity index (χ0n) is 20.8. The molecule has 3 atom stereocenters. The van der Waals surface area contributed by atoms with Crippen LogP contribution in [0.4, 0.5) is 10.1 Å². The van der Waals surface area contributed by atoms with Crippen molar-refractivity contribution in [3.8, 4) is 0 Å². The molecule has 1 saturated heterocycles. The molecular weight excluding hydrogens is 518 g/mol. The van der Waals surface area contributed by atoms with E-state index in [9.17, 15) is 24.2 Å². The second-order valence-electron chi connectivity index (χ2n) is 9.83. The molecular formula is C28H29Cl2FN2O4. The van der Waals surface area contributed by atoms with Gasteiger partial charge in [0.2, 0.25) is 0 Å². The number of aryl methyl sites for hydroxylation is 1. The summed E-state index contributed by atoms with van der Waals surface area (Å²) in [6.45, 7) is 8.22. The van der Waals surface area contributed by atoms with Crippen LogP contribution in [0.1, 0.15) is 30.9 Å². The van der Waals surface area contributed by atoms with Gasteiger partial charge >= 0.3 is 11.9 Å². The monoisotopic (exact) mass is 546 g/mol. The maximum atomic E-state index is 13.6. The van der Waals surface area contributed by atoms with Crippen molar-refractivity contribution in [3.63, 3.8) is 0 Å². The van der Waals surface area contributed by atoms with Gasteiger partial charge in [-0.25, -0.2) is 9.18 Å². The normalized spacial score (nSPS) is 23.6. The lowest BCUT2D eigenvalue weighted by Crippen LogP contribution is -2.51. The van der Waals surface area contributed by atoms with Gasteiger partial charge in [0, 0.05) is 48.8 Å². The topological polar surface area (TPSA) is 81.1 Å². The van der Waals surface area contributed by atoms with Crippen LogP contribution in [0.2, 0.25) is 5.02 Å². The predicted molar refractivity (Wildman–Crippen MR) is 143 cm³/mol. The smallest absolute Gasteiger partial charge is 0.333 e. The van der Waals surface area contributed by atoms with E-state index in [0.29, 0.717) is 29.2 Å². The Labute approximate surface area is 225 Å². The third-order valence-electron chi connectivity index (χ3n) is 7.55. The van der Waals surface area contributed by atoms with E-state index in [1.165, 1.54) is 31.2 Å². The first-order valence-corrected chi connectivity index (χ1v) is 12.8. The lowest BCUT2D eigenvalue weighted by Gasteiger charge is -2.43. The van der Waals surface area contributed by atoms with Gasteiger partial charge in [0.25, 0.3) is 0 Å². The Bertz CT molecular complexity index is 1290. The summed E-state index contributed by atoms with van der Waals surface area (Å²) >= 11 is 12.9. The van der Waals surface area contributed by atoms with Crippen molar-refractivity contribution in [1.82, 2.24) is 4.90 Å². The van der Waals surface area contributed by atoms with Crippen molar-refractivity contribution in [2.24, 2.45) is 5.41 Å². The number of anilines is 1. The van der Waals surface area contributed by atoms with Crippen molar-refractivity contribution >= 4 is 40.8 Å². The Kier molecular flexibility index (Phi) is 7.70. The van der Waals surface area contributed by atoms with Crippen molar-refractivity contribution < 1.29 is 24.2 Å². The maximum Gasteiger partial charge on any atom is 0.333 e. The number of carboxylic acid groups (broad SMARTS) is 2. The molecule has 196 valence electrons. The van der Waals surface area contributed by atoms with Crippen LogP contribution >= 0.6 is 23.2 Å². The van der Waals surface area contributed by atoms with Crippen LogP contribution < -0.4 is 4.90 Å². The lowest BCUT2D eigenvalue weighted by atomic mass is 9.65. The van der Waals surface area contributed by atoms with E-state index < -0.39 is 29.1 Å². The number of benzene rings is 2. The van der Waals surface area contributed by atoms with E-state index in [1.54, 1.807) is 6.08 Å². The molecule has 0 spiro atoms. The molecule has 1 fully saturated rings. The quantitative estimate of drug-likeness (QED) is 0.484. The fraction of sp³-hybridized carbons (Fsp3) is 0.357. The van der Waals surface area contributed by atoms with Crippen molar-refractivity contribution in [2.45, 2.75) is 32.7 Å². The molecule has 9 heteroatoms. The number of hydrogen-bond acceptors (Lipinski definition) is 4. The Morgan fingerprint density at radius 2 is 1.68 bits per heavy atom. The van der Waals surface area contributed by atoms with Crippen LogP contribution in [-0.2, 0) is 9.59 Å². The number of piperazine rings is 1. The lowest BCUT2D eigenvalue weighted by molar-refractivity contribution is -0.146. The molecule has 1 aliphatic heterocycles. The van der Waals surface area contributed by atoms with Gasteiger partial charge in [0.1, 0.15) is 5.82 Å². The first-order chi connectivity index (χ1) is 17.4. The SMILES string of the molecule is Cc1ccc(Cl)cc1N1CCN(C(C)C2=CC(C)(C(=O)O)C(c3ccc(F)cc3)C(C(=O)O)=C2Cl)CC1. The van der Waals surface area contributed by atoms with Gasteiger partial charge in [-0.1, -0.05) is 47.5 Å². The highest BCUT2D eigenvalue weighted by molar-refractivity contribution is 6.34. The number of carboxylic acids is 2. The third-order valence-corrected chi connectivity index (χ3v) is 8.21. The molecule has 3 unspecified atom stereocenters. The summed E-state index contributed by atoms with van der Waals surface area (Å²) in [6, 6.07) is 10.7. The average molecular weight is 547 g/mol. The molecule has 2 N–H and O–H groups in total. The average Bonchev–Trinajstić information content (AvgIpc) is 2.86. The summed E-state index contributed by atoms with van der Waals surface area (Å²) < 4.78 is 13.6. The number of carbonyl (C=O) groups is 2. The molecule has 2 aromatic rings. The molecule has 2 aliphatic rings. The number of aliphatic carboxylic acids is 2. The van der Waals surface area contributed by atoms with Crippen LogP contribution in [0, 0.1) is 18.2 Å². The van der Waals surface area contributed by atoms with E-state index >= 15 is 0 Å². The largest absolute Gasteiger partial charge is 0.481 e. The second kappa shape index (κ2) is 10.5. The second-order valence-corrected chi connectivity index (χ2v) is 10.6. The standard InChI is InChI=1S/C28H29Cl2FN2O4/c1-16-4-7-19(29)14-22(16)33-12-10-32(11-13-33)17(2)21-15-28(3,27(36)37)24(23(25(21)30)26(34)35)18-5-8-20(31)9-6-18/h4-9,14-15,17,24H,10-13H2,1-3H3,(H,34,35)(H,36,37). The van der Waals surface area contributed by atoms with Crippen LogP contribution in [0.25, 0.3) is 0 Å². The van der Waals surface area contributed by atoms with Crippen molar-refractivity contribution in [3.05, 3.63) is 86.7 Å². The zero-order valence-corrected chi connectivity index (χ0v) is 22.4. The highest BCUT2D eigenvalue weighted by atomic mass is 35.5. The molecule has 0 radical (unpaired) electrons. The summed E-state index contributed by atoms with van der Waals surface area (Å²) in [6.07, 6.45) is 1.58. The molecule has 4 rings (SSSR count). The van der Waals surface area contributed by atoms with E-state index in [-0.39, 0.29) is 16.6 Å². The minimum Gasteiger partial charge on any atom is -0.481 e. The molecule has 2 aromatic carbocycles. The first kappa shape index (κ1) is 27.2. The van der Waals surface area contributed by atoms with Crippen molar-refractivity contribution in [2.75, 3.05) is 31.1 Å². The Morgan fingerprint density at radius 1 is 1.05 bits per heavy atom. The van der Waals surface area contributed by atoms with E-state index in [2.05, 4.69) is 9.80 Å². The number of nitrogens with zero attached hydrogens (tertiary/aromatic N) is 2. The molecule has 37 heavy (non-hydrogen) atoms. The van der Waals surface area contributed by atoms with Crippen molar-refractivity contribution in [1.29, 1.82) is 0 Å². The predicted octanol–water partition coefficient (Wildman–Crippen LogP) is 5.69. The Hall–Kier alpha value is -2.87. The molecule has 0 amide bonds. The molecule has 1 heterocycles. The van der Waals surface area contributed by atoms with Gasteiger partial charge in [-0.2, -0.15) is 0 Å². The minimum absolute atomic E-state index is 0.0289. The number of hydrogen-bond donors (Lipinski definition) is 2. The van der Waals surface area contributed by atoms with E-state index in [0.717, 1.165) is 24.3 Å². The van der Waals surface area contributed by atoms with E-state index in [1.807, 2.05) is 32.0 Å². The van der Waals surface area contributed by atoms with Gasteiger partial charge in [-0.15, -0.1) is 0 Å². The highest BCUT2D eigenvalue weighted by Gasteiger charge is 2.49. The number of halogens is 3. The summed E-state index contributed by atoms with van der Waals surface area (Å²) in [5.74, 6) is -4.07. The van der Waals surface area contributed by atoms with Gasteiger partial charge < -0.3 is 15.1 Å². The molecule has 0 saturated carbocycles. The third kappa shape index (κ3) is 5.13. The fourth-order valence-corrected chi connectivity index (χ4v) is 5.97. The summed E-state index contributed by atoms with van der Waals surface area (Å²) in [5.41, 5.74) is 1.24. The minimum atomic E-state index is -1.60. The van der Waals surface area contributed by atoms with Crippen LogP contribution in [-0.4, -0.2) is 59.3 Å². The molecule has 0 bridgehead atoms. The number of rotatable bonds is 6. The molecule has 6 nitrogen and oxygen atoms in total. The van der Waals surface area contributed by atoms with Gasteiger partial charge in [0.05, 0.1) is 16.0 Å². The van der Waals surface area contributed by atoms with Gasteiger partial charge in [0.15, 0.2) is 0 Å². The van der Waals surface area contributed by atoms with Gasteiger partial charge in [-0.3, -0.25) is 9.69 Å². The van der Waals surface area contributed by atoms with Crippen LogP contribution in [0.15, 0.2) is 64.7 Å². The Balaban J connectivity index is 1.66. The van der Waals surface area contributed by atoms with Crippen LogP contribution in [0.3, 0.4) is 0 Å².